The highest BCUT2D eigenvalue weighted by Gasteiger charge is 2.28. The minimum absolute atomic E-state index is 0.166. The molecule has 1 aliphatic rings. The van der Waals surface area contributed by atoms with E-state index >= 15 is 0 Å². The van der Waals surface area contributed by atoms with Crippen molar-refractivity contribution in [3.8, 4) is 0 Å². The molecule has 3 aromatic rings. The van der Waals surface area contributed by atoms with Crippen molar-refractivity contribution < 1.29 is 14.2 Å². The first kappa shape index (κ1) is 13.8. The second-order valence-corrected chi connectivity index (χ2v) is 5.51. The van der Waals surface area contributed by atoms with Crippen LogP contribution in [0.15, 0.2) is 43.7 Å². The molecule has 0 unspecified atom stereocenters. The number of rotatable bonds is 3. The van der Waals surface area contributed by atoms with Crippen LogP contribution in [-0.4, -0.2) is 16.3 Å². The number of esters is 1. The summed E-state index contributed by atoms with van der Waals surface area (Å²) in [6, 6.07) is 9.44. The van der Waals surface area contributed by atoms with Gasteiger partial charge < -0.3 is 4.74 Å². The van der Waals surface area contributed by atoms with Crippen molar-refractivity contribution in [3.05, 3.63) is 47.0 Å². The zero-order valence-electron chi connectivity index (χ0n) is 12.0. The van der Waals surface area contributed by atoms with Crippen LogP contribution in [0.1, 0.15) is 21.5 Å². The lowest BCUT2D eigenvalue weighted by atomic mass is 10.0. The lowest BCUT2D eigenvalue weighted by molar-refractivity contribution is 0.0475. The van der Waals surface area contributed by atoms with Gasteiger partial charge in [-0.1, -0.05) is 30.3 Å². The molecule has 2 aromatic carbocycles. The number of carbonyl (C=O) groups is 1. The number of carbonyl (C=O) groups excluding carboxylic acids is 1. The van der Waals surface area contributed by atoms with Crippen LogP contribution >= 0.6 is 0 Å². The van der Waals surface area contributed by atoms with Crippen molar-refractivity contribution in [2.75, 3.05) is 0 Å². The lowest BCUT2D eigenvalue weighted by Crippen LogP contribution is -2.07. The van der Waals surface area contributed by atoms with Crippen LogP contribution in [0.4, 0.5) is 11.4 Å². The zero-order chi connectivity index (χ0) is 15.8. The van der Waals surface area contributed by atoms with Crippen LogP contribution in [0, 0.1) is 6.92 Å². The fourth-order valence-electron chi connectivity index (χ4n) is 2.41. The molecule has 114 valence electrons. The van der Waals surface area contributed by atoms with Gasteiger partial charge in [-0.3, -0.25) is 0 Å². The maximum Gasteiger partial charge on any atom is 0.343 e. The van der Waals surface area contributed by atoms with Crippen molar-refractivity contribution in [1.82, 2.24) is 10.3 Å². The Bertz CT molecular complexity index is 991. The standard InChI is InChI=1S/C15H10N4O3S/c1-8-11-13(17-22-16-11)10(14-12(8)18-23-19-14)15(20)21-7-9-5-3-2-4-6-9/h2-6H,7H2,1H3. The Labute approximate surface area is 134 Å². The van der Waals surface area contributed by atoms with Crippen LogP contribution < -0.4 is 0 Å². The van der Waals surface area contributed by atoms with Gasteiger partial charge in [0.05, 0.1) is 11.4 Å². The smallest absolute Gasteiger partial charge is 0.343 e. The molecule has 23 heavy (non-hydrogen) atoms. The monoisotopic (exact) mass is 326 g/mol. The van der Waals surface area contributed by atoms with Crippen LogP contribution in [0.2, 0.25) is 0 Å². The molecule has 0 spiro atoms. The quantitative estimate of drug-likeness (QED) is 0.536. The third-order valence-electron chi connectivity index (χ3n) is 3.58. The number of fused-ring (bicyclic) bond motifs is 2. The summed E-state index contributed by atoms with van der Waals surface area (Å²) in [6.07, 6.45) is 0. The molecule has 0 fully saturated rings. The van der Waals surface area contributed by atoms with E-state index < -0.39 is 5.97 Å². The first-order valence-corrected chi connectivity index (χ1v) is 7.57. The van der Waals surface area contributed by atoms with Crippen molar-refractivity contribution in [1.29, 1.82) is 0 Å². The van der Waals surface area contributed by atoms with E-state index in [9.17, 15) is 4.79 Å². The Morgan fingerprint density at radius 2 is 1.87 bits per heavy atom. The van der Waals surface area contributed by atoms with Crippen LogP contribution in [-0.2, 0) is 22.7 Å². The Morgan fingerprint density at radius 3 is 2.70 bits per heavy atom. The average molecular weight is 326 g/mol. The third kappa shape index (κ3) is 2.23. The highest BCUT2D eigenvalue weighted by Crippen LogP contribution is 2.42. The molecule has 0 N–H and O–H groups in total. The molecular weight excluding hydrogens is 316 g/mol. The summed E-state index contributed by atoms with van der Waals surface area (Å²) < 4.78 is 18.6. The summed E-state index contributed by atoms with van der Waals surface area (Å²) in [5.74, 6) is -0.521. The van der Waals surface area contributed by atoms with Gasteiger partial charge in [-0.15, -0.1) is 0 Å². The molecule has 8 heteroatoms. The zero-order valence-corrected chi connectivity index (χ0v) is 12.8. The number of hydrogen-bond donors (Lipinski definition) is 0. The Kier molecular flexibility index (Phi) is 3.23. The summed E-state index contributed by atoms with van der Waals surface area (Å²) in [4.78, 5) is 12.6. The minimum Gasteiger partial charge on any atom is -0.457 e. The number of nitrogens with zero attached hydrogens (tertiary/aromatic N) is 4. The molecule has 1 aromatic heterocycles. The van der Waals surface area contributed by atoms with Gasteiger partial charge in [-0.2, -0.15) is 8.73 Å². The highest BCUT2D eigenvalue weighted by molar-refractivity contribution is 7.58. The fourth-order valence-corrected chi connectivity index (χ4v) is 3.02. The van der Waals surface area contributed by atoms with Crippen molar-refractivity contribution in [2.45, 2.75) is 13.5 Å². The normalized spacial score (nSPS) is 12.2. The van der Waals surface area contributed by atoms with Crippen LogP contribution in [0.5, 0.6) is 0 Å². The fraction of sp³-hybridized carbons (Fsp3) is 0.133. The topological polar surface area (TPSA) is 89.9 Å². The van der Waals surface area contributed by atoms with E-state index in [2.05, 4.69) is 19.0 Å². The molecule has 2 heterocycles. The van der Waals surface area contributed by atoms with Crippen molar-refractivity contribution in [3.63, 3.8) is 0 Å². The van der Waals surface area contributed by atoms with Crippen molar-refractivity contribution in [2.24, 2.45) is 8.73 Å². The molecule has 0 atom stereocenters. The maximum absolute atomic E-state index is 12.6. The molecule has 1 aliphatic heterocycles. The predicted molar refractivity (Wildman–Crippen MR) is 83.6 cm³/mol. The molecular formula is C15H10N4O3S. The van der Waals surface area contributed by atoms with Gasteiger partial charge in [0.2, 0.25) is 0 Å². The van der Waals surface area contributed by atoms with E-state index in [1.165, 1.54) is 0 Å². The highest BCUT2D eigenvalue weighted by atomic mass is 32.1. The van der Waals surface area contributed by atoms with E-state index in [1.54, 1.807) is 0 Å². The first-order chi connectivity index (χ1) is 11.3. The van der Waals surface area contributed by atoms with E-state index in [-0.39, 0.29) is 12.2 Å². The number of hydrogen-bond acceptors (Lipinski definition) is 7. The van der Waals surface area contributed by atoms with Gasteiger partial charge in [0, 0.05) is 5.56 Å². The number of aromatic nitrogens is 2. The Hall–Kier alpha value is -2.87. The van der Waals surface area contributed by atoms with Crippen LogP contribution in [0.3, 0.4) is 0 Å². The second kappa shape index (κ2) is 5.40. The second-order valence-electron chi connectivity index (χ2n) is 4.98. The van der Waals surface area contributed by atoms with E-state index in [4.69, 9.17) is 9.37 Å². The SMILES string of the molecule is Cc1c2c(c(C(=O)OCc3ccccc3)c3nonc13)N=S=N2. The molecule has 4 rings (SSSR count). The molecule has 0 bridgehead atoms. The molecule has 0 saturated carbocycles. The third-order valence-corrected chi connectivity index (χ3v) is 4.11. The maximum atomic E-state index is 12.6. The molecule has 0 amide bonds. The van der Waals surface area contributed by atoms with Gasteiger partial charge in [0.1, 0.15) is 29.1 Å². The summed E-state index contributed by atoms with van der Waals surface area (Å²) in [5.41, 5.74) is 3.85. The first-order valence-electron chi connectivity index (χ1n) is 6.84. The minimum atomic E-state index is -0.521. The average Bonchev–Trinajstić information content (AvgIpc) is 3.24. The van der Waals surface area contributed by atoms with E-state index in [0.717, 1.165) is 22.5 Å². The number of aryl methyl sites for hydroxylation is 1. The van der Waals surface area contributed by atoms with Gasteiger partial charge in [-0.05, 0) is 22.8 Å². The number of ether oxygens (including phenoxy) is 1. The lowest BCUT2D eigenvalue weighted by Gasteiger charge is -2.08. The molecule has 0 aliphatic carbocycles. The van der Waals surface area contributed by atoms with Gasteiger partial charge in [0.15, 0.2) is 5.52 Å². The summed E-state index contributed by atoms with van der Waals surface area (Å²) >= 11 is 1.03. The van der Waals surface area contributed by atoms with Gasteiger partial charge in [-0.25, -0.2) is 9.42 Å². The Balaban J connectivity index is 1.74. The number of benzene rings is 2. The summed E-state index contributed by atoms with van der Waals surface area (Å²) in [6.45, 7) is 2.01. The van der Waals surface area contributed by atoms with Crippen LogP contribution in [0.25, 0.3) is 11.0 Å². The van der Waals surface area contributed by atoms with E-state index in [0.29, 0.717) is 22.4 Å². The Morgan fingerprint density at radius 1 is 1.13 bits per heavy atom. The largest absolute Gasteiger partial charge is 0.457 e. The van der Waals surface area contributed by atoms with Gasteiger partial charge in [0.25, 0.3) is 0 Å². The van der Waals surface area contributed by atoms with Gasteiger partial charge >= 0.3 is 5.97 Å². The van der Waals surface area contributed by atoms with E-state index in [1.807, 2.05) is 37.3 Å². The predicted octanol–water partition coefficient (Wildman–Crippen LogP) is 3.61. The molecule has 0 radical (unpaired) electrons. The molecule has 7 nitrogen and oxygen atoms in total. The van der Waals surface area contributed by atoms with Crippen molar-refractivity contribution >= 4 is 39.7 Å². The summed E-state index contributed by atoms with van der Waals surface area (Å²) in [5, 5.41) is 7.69. The summed E-state index contributed by atoms with van der Waals surface area (Å²) in [7, 11) is 0. The molecule has 0 saturated heterocycles.